The van der Waals surface area contributed by atoms with Crippen LogP contribution in [0.2, 0.25) is 0 Å². The molecule has 1 aromatic rings. The molecule has 21 heavy (non-hydrogen) atoms. The van der Waals surface area contributed by atoms with E-state index in [4.69, 9.17) is 9.84 Å². The van der Waals surface area contributed by atoms with Gasteiger partial charge in [0.25, 0.3) is 0 Å². The Kier molecular flexibility index (Phi) is 5.00. The monoisotopic (exact) mass is 287 g/mol. The van der Waals surface area contributed by atoms with E-state index in [0.717, 1.165) is 36.1 Å². The van der Waals surface area contributed by atoms with Crippen LogP contribution in [0.1, 0.15) is 36.8 Å². The fourth-order valence-corrected chi connectivity index (χ4v) is 2.59. The Morgan fingerprint density at radius 2 is 2.19 bits per heavy atom. The molecule has 1 aliphatic carbocycles. The van der Waals surface area contributed by atoms with E-state index in [1.807, 2.05) is 25.1 Å². The number of hydrogen-bond donors (Lipinski definition) is 2. The summed E-state index contributed by atoms with van der Waals surface area (Å²) in [4.78, 5) is 12.1. The smallest absolute Gasteiger partial charge is 0.227 e. The molecule has 2 N–H and O–H groups in total. The van der Waals surface area contributed by atoms with Gasteiger partial charge in [-0.05, 0) is 49.9 Å². The first kappa shape index (κ1) is 15.6. The highest BCUT2D eigenvalue weighted by Crippen LogP contribution is 2.38. The lowest BCUT2D eigenvalue weighted by atomic mass is 9.77. The number of methoxy groups -OCH3 is 1. The number of carbonyl (C=O) groups is 1. The molecule has 112 valence electrons. The summed E-state index contributed by atoms with van der Waals surface area (Å²) >= 11 is 0. The molecule has 0 atom stereocenters. The molecular formula is C17H21NO3. The van der Waals surface area contributed by atoms with E-state index in [1.165, 1.54) is 0 Å². The van der Waals surface area contributed by atoms with Crippen LogP contribution in [-0.4, -0.2) is 30.3 Å². The van der Waals surface area contributed by atoms with Gasteiger partial charge >= 0.3 is 0 Å². The van der Waals surface area contributed by atoms with E-state index in [-0.39, 0.29) is 18.1 Å². The maximum Gasteiger partial charge on any atom is 0.227 e. The van der Waals surface area contributed by atoms with Crippen molar-refractivity contribution in [3.8, 4) is 11.8 Å². The van der Waals surface area contributed by atoms with Crippen molar-refractivity contribution < 1.29 is 14.6 Å². The van der Waals surface area contributed by atoms with Crippen LogP contribution in [0.5, 0.6) is 0 Å². The summed E-state index contributed by atoms with van der Waals surface area (Å²) in [6.07, 6.45) is 3.39. The predicted octanol–water partition coefficient (Wildman–Crippen LogP) is 2.24. The van der Waals surface area contributed by atoms with Crippen molar-refractivity contribution in [2.24, 2.45) is 0 Å². The normalized spacial score (nSPS) is 15.6. The molecule has 0 aromatic heterocycles. The molecule has 0 saturated heterocycles. The highest BCUT2D eigenvalue weighted by molar-refractivity contribution is 5.91. The Balaban J connectivity index is 2.05. The van der Waals surface area contributed by atoms with Gasteiger partial charge in [-0.3, -0.25) is 4.79 Å². The van der Waals surface area contributed by atoms with E-state index in [2.05, 4.69) is 17.2 Å². The van der Waals surface area contributed by atoms with Crippen LogP contribution < -0.4 is 5.32 Å². The fourth-order valence-electron chi connectivity index (χ4n) is 2.59. The number of rotatable bonds is 4. The third kappa shape index (κ3) is 4.07. The van der Waals surface area contributed by atoms with Gasteiger partial charge in [0, 0.05) is 18.4 Å². The largest absolute Gasteiger partial charge is 0.384 e. The quantitative estimate of drug-likeness (QED) is 0.835. The lowest BCUT2D eigenvalue weighted by Gasteiger charge is -2.39. The molecule has 2 rings (SSSR count). The van der Waals surface area contributed by atoms with Gasteiger partial charge in [-0.2, -0.15) is 0 Å². The van der Waals surface area contributed by atoms with E-state index in [0.29, 0.717) is 6.42 Å². The topological polar surface area (TPSA) is 58.6 Å². The van der Waals surface area contributed by atoms with Crippen molar-refractivity contribution in [2.75, 3.05) is 19.0 Å². The summed E-state index contributed by atoms with van der Waals surface area (Å²) in [6, 6.07) is 5.64. The maximum atomic E-state index is 12.1. The maximum absolute atomic E-state index is 12.1. The molecule has 0 unspecified atom stereocenters. The van der Waals surface area contributed by atoms with Crippen LogP contribution in [-0.2, 0) is 9.53 Å². The number of carbonyl (C=O) groups excluding carboxylic acids is 1. The van der Waals surface area contributed by atoms with Crippen molar-refractivity contribution in [3.05, 3.63) is 29.3 Å². The van der Waals surface area contributed by atoms with E-state index < -0.39 is 0 Å². The third-order valence-corrected chi connectivity index (χ3v) is 3.85. The lowest BCUT2D eigenvalue weighted by Crippen LogP contribution is -2.42. The predicted molar refractivity (Wildman–Crippen MR) is 82.0 cm³/mol. The van der Waals surface area contributed by atoms with Gasteiger partial charge in [-0.25, -0.2) is 0 Å². The number of aliphatic hydroxyl groups excluding tert-OH is 1. The number of nitrogens with one attached hydrogen (secondary N) is 1. The standard InChI is InChI=1S/C17H21NO3/c1-13-9-14(5-3-8-19)11-15(10-13)18-16(20)12-17(21-2)6-4-7-17/h9-11,19H,4,6-8,12H2,1-2H3,(H,18,20). The van der Waals surface area contributed by atoms with Crippen molar-refractivity contribution in [1.29, 1.82) is 0 Å². The summed E-state index contributed by atoms with van der Waals surface area (Å²) in [5.74, 6) is 5.43. The average Bonchev–Trinajstić information content (AvgIpc) is 2.40. The molecule has 0 bridgehead atoms. The molecule has 1 aromatic carbocycles. The van der Waals surface area contributed by atoms with E-state index in [1.54, 1.807) is 7.11 Å². The number of hydrogen-bond acceptors (Lipinski definition) is 3. The number of ether oxygens (including phenoxy) is 1. The van der Waals surface area contributed by atoms with E-state index in [9.17, 15) is 4.79 Å². The van der Waals surface area contributed by atoms with Gasteiger partial charge in [0.2, 0.25) is 5.91 Å². The minimum atomic E-state index is -0.270. The van der Waals surface area contributed by atoms with Crippen molar-refractivity contribution in [2.45, 2.75) is 38.2 Å². The average molecular weight is 287 g/mol. The molecule has 1 saturated carbocycles. The second-order valence-corrected chi connectivity index (χ2v) is 5.51. The van der Waals surface area contributed by atoms with Gasteiger partial charge in [0.05, 0.1) is 12.0 Å². The second kappa shape index (κ2) is 6.75. The first-order valence-corrected chi connectivity index (χ1v) is 7.13. The van der Waals surface area contributed by atoms with Gasteiger partial charge in [-0.15, -0.1) is 0 Å². The number of aryl methyl sites for hydroxylation is 1. The Bertz CT molecular complexity index is 574. The van der Waals surface area contributed by atoms with Crippen LogP contribution in [0.3, 0.4) is 0 Å². The molecule has 0 radical (unpaired) electrons. The Morgan fingerprint density at radius 3 is 2.76 bits per heavy atom. The number of amides is 1. The molecule has 0 spiro atoms. The van der Waals surface area contributed by atoms with Crippen molar-refractivity contribution in [3.63, 3.8) is 0 Å². The van der Waals surface area contributed by atoms with Crippen LogP contribution in [0.25, 0.3) is 0 Å². The van der Waals surface area contributed by atoms with Gasteiger partial charge in [-0.1, -0.05) is 11.8 Å². The molecule has 0 heterocycles. The lowest BCUT2D eigenvalue weighted by molar-refractivity contribution is -0.129. The molecule has 4 heteroatoms. The van der Waals surface area contributed by atoms with Gasteiger partial charge in [0.15, 0.2) is 0 Å². The first-order valence-electron chi connectivity index (χ1n) is 7.13. The first-order chi connectivity index (χ1) is 10.1. The SMILES string of the molecule is COC1(CC(=O)Nc2cc(C)cc(C#CCO)c2)CCC1. The highest BCUT2D eigenvalue weighted by atomic mass is 16.5. The summed E-state index contributed by atoms with van der Waals surface area (Å²) in [7, 11) is 1.67. The number of benzene rings is 1. The fraction of sp³-hybridized carbons (Fsp3) is 0.471. The van der Waals surface area contributed by atoms with Crippen LogP contribution in [0.15, 0.2) is 18.2 Å². The van der Waals surface area contributed by atoms with Crippen molar-refractivity contribution >= 4 is 11.6 Å². The van der Waals surface area contributed by atoms with Crippen LogP contribution >= 0.6 is 0 Å². The highest BCUT2D eigenvalue weighted by Gasteiger charge is 2.38. The van der Waals surface area contributed by atoms with Crippen LogP contribution in [0, 0.1) is 18.8 Å². The Hall–Kier alpha value is -1.83. The Morgan fingerprint density at radius 1 is 1.43 bits per heavy atom. The second-order valence-electron chi connectivity index (χ2n) is 5.51. The van der Waals surface area contributed by atoms with Gasteiger partial charge < -0.3 is 15.2 Å². The molecule has 4 nitrogen and oxygen atoms in total. The van der Waals surface area contributed by atoms with Crippen LogP contribution in [0.4, 0.5) is 5.69 Å². The van der Waals surface area contributed by atoms with Gasteiger partial charge in [0.1, 0.15) is 6.61 Å². The van der Waals surface area contributed by atoms with Crippen molar-refractivity contribution in [1.82, 2.24) is 0 Å². The summed E-state index contributed by atoms with van der Waals surface area (Å²) in [5.41, 5.74) is 2.25. The molecule has 0 aliphatic heterocycles. The number of anilines is 1. The Labute approximate surface area is 125 Å². The molecule has 1 fully saturated rings. The zero-order chi connectivity index (χ0) is 15.3. The zero-order valence-electron chi connectivity index (χ0n) is 12.5. The summed E-state index contributed by atoms with van der Waals surface area (Å²) in [5, 5.41) is 11.7. The summed E-state index contributed by atoms with van der Waals surface area (Å²) < 4.78 is 5.47. The molecule has 1 aliphatic rings. The number of aliphatic hydroxyl groups is 1. The summed E-state index contributed by atoms with van der Waals surface area (Å²) in [6.45, 7) is 1.77. The third-order valence-electron chi connectivity index (χ3n) is 3.85. The minimum Gasteiger partial charge on any atom is -0.384 e. The van der Waals surface area contributed by atoms with E-state index >= 15 is 0 Å². The molecule has 1 amide bonds. The minimum absolute atomic E-state index is 0.0387. The molecular weight excluding hydrogens is 266 g/mol. The zero-order valence-corrected chi connectivity index (χ0v) is 12.5.